The minimum absolute atomic E-state index is 0.286. The molecule has 0 spiro atoms. The van der Waals surface area contributed by atoms with E-state index in [2.05, 4.69) is 10.1 Å². The Kier molecular flexibility index (Phi) is 2.63. The van der Waals surface area contributed by atoms with Gasteiger partial charge in [0.1, 0.15) is 5.69 Å². The van der Waals surface area contributed by atoms with Crippen molar-refractivity contribution in [1.82, 2.24) is 9.78 Å². The standard InChI is InChI=1S/C9H13N3O/c1-6(2)12-8(4)9(10-5-13)7(3)11-12/h6H,1-4H3. The summed E-state index contributed by atoms with van der Waals surface area (Å²) < 4.78 is 1.85. The molecule has 13 heavy (non-hydrogen) atoms. The zero-order valence-electron chi connectivity index (χ0n) is 8.33. The number of isocyanates is 1. The number of hydrogen-bond donors (Lipinski definition) is 0. The Morgan fingerprint density at radius 3 is 2.46 bits per heavy atom. The van der Waals surface area contributed by atoms with E-state index in [1.54, 1.807) is 0 Å². The summed E-state index contributed by atoms with van der Waals surface area (Å²) in [6, 6.07) is 0.286. The molecular formula is C9H13N3O. The second-order valence-corrected chi connectivity index (χ2v) is 3.26. The summed E-state index contributed by atoms with van der Waals surface area (Å²) in [5.74, 6) is 0. The molecule has 0 atom stereocenters. The summed E-state index contributed by atoms with van der Waals surface area (Å²) in [7, 11) is 0. The first-order chi connectivity index (χ1) is 6.07. The van der Waals surface area contributed by atoms with E-state index in [1.165, 1.54) is 6.08 Å². The van der Waals surface area contributed by atoms with E-state index in [1.807, 2.05) is 32.4 Å². The molecule has 0 aromatic carbocycles. The smallest absolute Gasteiger partial charge is 0.240 e. The quantitative estimate of drug-likeness (QED) is 0.515. The molecule has 1 aromatic rings. The first kappa shape index (κ1) is 9.68. The molecule has 0 aliphatic rings. The Bertz CT molecular complexity index is 359. The highest BCUT2D eigenvalue weighted by Crippen LogP contribution is 2.24. The Morgan fingerprint density at radius 2 is 2.08 bits per heavy atom. The van der Waals surface area contributed by atoms with E-state index in [-0.39, 0.29) is 6.04 Å². The number of aryl methyl sites for hydroxylation is 1. The van der Waals surface area contributed by atoms with Crippen molar-refractivity contribution in [3.05, 3.63) is 11.4 Å². The predicted octanol–water partition coefficient (Wildman–Crippen LogP) is 2.05. The highest BCUT2D eigenvalue weighted by molar-refractivity contribution is 5.54. The van der Waals surface area contributed by atoms with Crippen molar-refractivity contribution in [2.75, 3.05) is 0 Å². The van der Waals surface area contributed by atoms with Gasteiger partial charge in [0.05, 0.1) is 11.4 Å². The molecule has 0 fully saturated rings. The number of aromatic nitrogens is 2. The monoisotopic (exact) mass is 179 g/mol. The van der Waals surface area contributed by atoms with E-state index in [9.17, 15) is 4.79 Å². The predicted molar refractivity (Wildman–Crippen MR) is 49.9 cm³/mol. The van der Waals surface area contributed by atoms with Crippen LogP contribution in [0.1, 0.15) is 31.3 Å². The molecule has 0 unspecified atom stereocenters. The van der Waals surface area contributed by atoms with Crippen LogP contribution in [0.3, 0.4) is 0 Å². The summed E-state index contributed by atoms with van der Waals surface area (Å²) in [5.41, 5.74) is 2.33. The lowest BCUT2D eigenvalue weighted by Gasteiger charge is -2.06. The van der Waals surface area contributed by atoms with E-state index in [0.29, 0.717) is 5.69 Å². The molecule has 1 rings (SSSR count). The molecule has 70 valence electrons. The van der Waals surface area contributed by atoms with Gasteiger partial charge in [-0.2, -0.15) is 10.1 Å². The number of carbonyl (C=O) groups excluding carboxylic acids is 1. The van der Waals surface area contributed by atoms with Gasteiger partial charge in [0.15, 0.2) is 0 Å². The molecule has 0 bridgehead atoms. The molecule has 0 N–H and O–H groups in total. The van der Waals surface area contributed by atoms with Gasteiger partial charge in [-0.25, -0.2) is 4.79 Å². The van der Waals surface area contributed by atoms with Gasteiger partial charge < -0.3 is 0 Å². The highest BCUT2D eigenvalue weighted by atomic mass is 16.1. The molecule has 4 heteroatoms. The van der Waals surface area contributed by atoms with Crippen LogP contribution in [0.25, 0.3) is 0 Å². The molecular weight excluding hydrogens is 166 g/mol. The molecule has 0 saturated carbocycles. The van der Waals surface area contributed by atoms with Crippen LogP contribution in [0.4, 0.5) is 5.69 Å². The second-order valence-electron chi connectivity index (χ2n) is 3.26. The number of rotatable bonds is 2. The van der Waals surface area contributed by atoms with Gasteiger partial charge in [0, 0.05) is 6.04 Å². The van der Waals surface area contributed by atoms with E-state index < -0.39 is 0 Å². The van der Waals surface area contributed by atoms with Crippen molar-refractivity contribution in [2.24, 2.45) is 4.99 Å². The first-order valence-electron chi connectivity index (χ1n) is 4.21. The minimum atomic E-state index is 0.286. The lowest BCUT2D eigenvalue weighted by Crippen LogP contribution is -2.04. The van der Waals surface area contributed by atoms with Gasteiger partial charge in [-0.1, -0.05) is 0 Å². The summed E-state index contributed by atoms with van der Waals surface area (Å²) in [6.45, 7) is 7.81. The average molecular weight is 179 g/mol. The fraction of sp³-hybridized carbons (Fsp3) is 0.556. The van der Waals surface area contributed by atoms with Gasteiger partial charge in [-0.15, -0.1) is 0 Å². The van der Waals surface area contributed by atoms with Gasteiger partial charge in [0.2, 0.25) is 6.08 Å². The maximum Gasteiger partial charge on any atom is 0.240 e. The maximum atomic E-state index is 10.1. The van der Waals surface area contributed by atoms with Crippen molar-refractivity contribution in [1.29, 1.82) is 0 Å². The lowest BCUT2D eigenvalue weighted by atomic mass is 10.3. The minimum Gasteiger partial charge on any atom is -0.265 e. The summed E-state index contributed by atoms with van der Waals surface area (Å²) in [4.78, 5) is 13.7. The van der Waals surface area contributed by atoms with Gasteiger partial charge in [-0.05, 0) is 27.7 Å². The molecule has 1 aromatic heterocycles. The van der Waals surface area contributed by atoms with Gasteiger partial charge in [0.25, 0.3) is 0 Å². The van der Waals surface area contributed by atoms with Crippen LogP contribution in [0.2, 0.25) is 0 Å². The van der Waals surface area contributed by atoms with Crippen molar-refractivity contribution in [3.8, 4) is 0 Å². The molecule has 0 radical (unpaired) electrons. The van der Waals surface area contributed by atoms with Crippen molar-refractivity contribution in [2.45, 2.75) is 33.7 Å². The van der Waals surface area contributed by atoms with Crippen LogP contribution in [0.5, 0.6) is 0 Å². The van der Waals surface area contributed by atoms with Crippen molar-refractivity contribution < 1.29 is 4.79 Å². The third-order valence-corrected chi connectivity index (χ3v) is 1.93. The summed E-state index contributed by atoms with van der Waals surface area (Å²) >= 11 is 0. The molecule has 0 amide bonds. The maximum absolute atomic E-state index is 10.1. The van der Waals surface area contributed by atoms with Crippen LogP contribution in [0, 0.1) is 13.8 Å². The Balaban J connectivity index is 3.30. The van der Waals surface area contributed by atoms with Gasteiger partial charge >= 0.3 is 0 Å². The van der Waals surface area contributed by atoms with Crippen LogP contribution >= 0.6 is 0 Å². The molecule has 0 saturated heterocycles. The molecule has 1 heterocycles. The Labute approximate surface area is 77.3 Å². The zero-order valence-corrected chi connectivity index (χ0v) is 8.33. The number of nitrogens with zero attached hydrogens (tertiary/aromatic N) is 3. The van der Waals surface area contributed by atoms with Crippen molar-refractivity contribution in [3.63, 3.8) is 0 Å². The van der Waals surface area contributed by atoms with E-state index in [4.69, 9.17) is 0 Å². The van der Waals surface area contributed by atoms with Crippen LogP contribution < -0.4 is 0 Å². The number of hydrogen-bond acceptors (Lipinski definition) is 3. The topological polar surface area (TPSA) is 47.2 Å². The highest BCUT2D eigenvalue weighted by Gasteiger charge is 2.12. The van der Waals surface area contributed by atoms with Crippen molar-refractivity contribution >= 4 is 11.8 Å². The second kappa shape index (κ2) is 3.54. The largest absolute Gasteiger partial charge is 0.265 e. The number of aliphatic imine (C=N–C) groups is 1. The molecule has 4 nitrogen and oxygen atoms in total. The van der Waals surface area contributed by atoms with Crippen LogP contribution in [0.15, 0.2) is 4.99 Å². The Morgan fingerprint density at radius 1 is 1.46 bits per heavy atom. The fourth-order valence-corrected chi connectivity index (χ4v) is 1.36. The van der Waals surface area contributed by atoms with Gasteiger partial charge in [-0.3, -0.25) is 4.68 Å². The van der Waals surface area contributed by atoms with Crippen LogP contribution in [-0.4, -0.2) is 15.9 Å². The Hall–Kier alpha value is -1.41. The first-order valence-corrected chi connectivity index (χ1v) is 4.21. The average Bonchev–Trinajstić information content (AvgIpc) is 2.32. The summed E-state index contributed by atoms with van der Waals surface area (Å²) in [5, 5.41) is 4.27. The van der Waals surface area contributed by atoms with E-state index >= 15 is 0 Å². The third kappa shape index (κ3) is 1.68. The molecule has 0 aliphatic carbocycles. The lowest BCUT2D eigenvalue weighted by molar-refractivity contribution is 0.516. The fourth-order valence-electron chi connectivity index (χ4n) is 1.36. The normalized spacial score (nSPS) is 10.2. The molecule has 0 aliphatic heterocycles. The van der Waals surface area contributed by atoms with Crippen LogP contribution in [-0.2, 0) is 4.79 Å². The van der Waals surface area contributed by atoms with E-state index in [0.717, 1.165) is 11.4 Å². The SMILES string of the molecule is Cc1nn(C(C)C)c(C)c1N=C=O. The third-order valence-electron chi connectivity index (χ3n) is 1.93. The zero-order chi connectivity index (χ0) is 10.0. The summed E-state index contributed by atoms with van der Waals surface area (Å²) in [6.07, 6.45) is 1.54.